The normalized spacial score (nSPS) is 12.3. The molecule has 3 nitrogen and oxygen atoms in total. The van der Waals surface area contributed by atoms with Gasteiger partial charge in [-0.15, -0.1) is 22.7 Å². The van der Waals surface area contributed by atoms with Crippen LogP contribution in [-0.4, -0.2) is 14.5 Å². The molecule has 7 aromatic carbocycles. The molecule has 0 fully saturated rings. The first-order valence-electron chi connectivity index (χ1n) is 15.8. The third kappa shape index (κ3) is 3.50. The van der Waals surface area contributed by atoms with Crippen LogP contribution in [0.15, 0.2) is 140 Å². The molecule has 0 aliphatic heterocycles. The number of thiophene rings is 2. The Morgan fingerprint density at radius 3 is 2.11 bits per heavy atom. The lowest BCUT2D eigenvalue weighted by atomic mass is 10.0. The van der Waals surface area contributed by atoms with E-state index in [-0.39, 0.29) is 0 Å². The summed E-state index contributed by atoms with van der Waals surface area (Å²) in [5.74, 6) is 0.687. The van der Waals surface area contributed by atoms with Crippen LogP contribution >= 0.6 is 22.7 Å². The lowest BCUT2D eigenvalue weighted by molar-refractivity contribution is 1.01. The second kappa shape index (κ2) is 9.46. The zero-order chi connectivity index (χ0) is 30.6. The Bertz CT molecular complexity index is 3090. The molecule has 0 N–H and O–H groups in total. The molecule has 0 bridgehead atoms. The fourth-order valence-corrected chi connectivity index (χ4v) is 10.0. The number of rotatable bonds is 2. The molecule has 0 amide bonds. The molecule has 4 heterocycles. The second-order valence-corrected chi connectivity index (χ2v) is 14.3. The van der Waals surface area contributed by atoms with Crippen molar-refractivity contribution in [3.05, 3.63) is 140 Å². The van der Waals surface area contributed by atoms with E-state index in [4.69, 9.17) is 9.97 Å². The quantitative estimate of drug-likeness (QED) is 0.190. The van der Waals surface area contributed by atoms with E-state index in [1.807, 2.05) is 22.7 Å². The van der Waals surface area contributed by atoms with Gasteiger partial charge in [0.2, 0.25) is 5.95 Å². The van der Waals surface area contributed by atoms with Crippen LogP contribution in [0.4, 0.5) is 0 Å². The minimum absolute atomic E-state index is 0.687. The van der Waals surface area contributed by atoms with Crippen molar-refractivity contribution < 1.29 is 0 Å². The first-order valence-corrected chi connectivity index (χ1v) is 17.4. The predicted molar refractivity (Wildman–Crippen MR) is 203 cm³/mol. The van der Waals surface area contributed by atoms with Crippen LogP contribution in [-0.2, 0) is 0 Å². The van der Waals surface area contributed by atoms with Gasteiger partial charge in [0.25, 0.3) is 0 Å². The second-order valence-electron chi connectivity index (χ2n) is 12.1. The van der Waals surface area contributed by atoms with Crippen molar-refractivity contribution in [2.24, 2.45) is 0 Å². The van der Waals surface area contributed by atoms with E-state index in [0.717, 1.165) is 33.2 Å². The van der Waals surface area contributed by atoms with Crippen molar-refractivity contribution in [3.63, 3.8) is 0 Å². The largest absolute Gasteiger partial charge is 0.278 e. The standard InChI is InChI=1S/C42H23N3S2/c1-2-11-25-24(10-1)20-23-36-37(25)30-21-22-33-39(41(30)47-36)27-13-4-7-17-32(27)45(33)42-43-31-16-6-3-12-26(31)40(44-42)29-15-9-19-35-38(29)28-14-5-8-18-34(28)46-35/h1-23H. The van der Waals surface area contributed by atoms with Gasteiger partial charge in [0.1, 0.15) is 0 Å². The highest BCUT2D eigenvalue weighted by Gasteiger charge is 2.22. The van der Waals surface area contributed by atoms with Crippen LogP contribution < -0.4 is 0 Å². The van der Waals surface area contributed by atoms with E-state index >= 15 is 0 Å². The number of hydrogen-bond donors (Lipinski definition) is 0. The van der Waals surface area contributed by atoms with Gasteiger partial charge in [0.05, 0.1) is 22.2 Å². The molecule has 0 aliphatic carbocycles. The maximum absolute atomic E-state index is 5.47. The minimum atomic E-state index is 0.687. The van der Waals surface area contributed by atoms with E-state index < -0.39 is 0 Å². The molecule has 11 rings (SSSR count). The van der Waals surface area contributed by atoms with Crippen LogP contribution in [0, 0.1) is 0 Å². The van der Waals surface area contributed by atoms with Gasteiger partial charge in [0, 0.05) is 62.1 Å². The Balaban J connectivity index is 1.26. The van der Waals surface area contributed by atoms with E-state index in [2.05, 4.69) is 144 Å². The molecule has 5 heteroatoms. The van der Waals surface area contributed by atoms with Crippen molar-refractivity contribution in [2.75, 3.05) is 0 Å². The molecule has 47 heavy (non-hydrogen) atoms. The smallest absolute Gasteiger partial charge is 0.235 e. The molecule has 0 saturated heterocycles. The summed E-state index contributed by atoms with van der Waals surface area (Å²) >= 11 is 3.72. The third-order valence-electron chi connectivity index (χ3n) is 9.61. The van der Waals surface area contributed by atoms with Crippen molar-refractivity contribution in [3.8, 4) is 17.2 Å². The van der Waals surface area contributed by atoms with Crippen LogP contribution in [0.3, 0.4) is 0 Å². The predicted octanol–water partition coefficient (Wildman–Crippen LogP) is 12.3. The van der Waals surface area contributed by atoms with Crippen molar-refractivity contribution in [1.82, 2.24) is 14.5 Å². The number of fused-ring (bicyclic) bond motifs is 13. The van der Waals surface area contributed by atoms with Crippen molar-refractivity contribution in [2.45, 2.75) is 0 Å². The van der Waals surface area contributed by atoms with Crippen molar-refractivity contribution in [1.29, 1.82) is 0 Å². The van der Waals surface area contributed by atoms with E-state index in [1.165, 1.54) is 61.9 Å². The molecule has 218 valence electrons. The summed E-state index contributed by atoms with van der Waals surface area (Å²) in [6.45, 7) is 0. The molecular formula is C42H23N3S2. The van der Waals surface area contributed by atoms with Gasteiger partial charge in [0.15, 0.2) is 0 Å². The first-order chi connectivity index (χ1) is 23.3. The van der Waals surface area contributed by atoms with Gasteiger partial charge in [-0.1, -0.05) is 103 Å². The van der Waals surface area contributed by atoms with Gasteiger partial charge in [-0.25, -0.2) is 9.97 Å². The molecule has 11 aromatic rings. The average molecular weight is 634 g/mol. The Morgan fingerprint density at radius 1 is 0.426 bits per heavy atom. The number of nitrogens with zero attached hydrogens (tertiary/aromatic N) is 3. The van der Waals surface area contributed by atoms with Gasteiger partial charge < -0.3 is 0 Å². The maximum Gasteiger partial charge on any atom is 0.235 e. The Morgan fingerprint density at radius 2 is 1.17 bits per heavy atom. The van der Waals surface area contributed by atoms with Crippen LogP contribution in [0.25, 0.3) is 101 Å². The van der Waals surface area contributed by atoms with Crippen LogP contribution in [0.1, 0.15) is 0 Å². The molecule has 4 aromatic heterocycles. The highest BCUT2D eigenvalue weighted by atomic mass is 32.1. The molecule has 0 radical (unpaired) electrons. The summed E-state index contributed by atoms with van der Waals surface area (Å²) in [5.41, 5.74) is 5.26. The highest BCUT2D eigenvalue weighted by molar-refractivity contribution is 7.27. The van der Waals surface area contributed by atoms with E-state index in [0.29, 0.717) is 5.95 Å². The average Bonchev–Trinajstić information content (AvgIpc) is 3.80. The summed E-state index contributed by atoms with van der Waals surface area (Å²) < 4.78 is 7.44. The molecular weight excluding hydrogens is 611 g/mol. The fourth-order valence-electron chi connectivity index (χ4n) is 7.61. The molecule has 0 unspecified atom stereocenters. The SMILES string of the molecule is c1ccc2c(c1)ccc1sc3c(ccc4c3c3ccccc3n4-c3nc(-c4cccc5sc6ccccc6c45)c4ccccc4n3)c12. The topological polar surface area (TPSA) is 30.7 Å². The minimum Gasteiger partial charge on any atom is -0.278 e. The zero-order valence-electron chi connectivity index (χ0n) is 24.9. The summed E-state index contributed by atoms with van der Waals surface area (Å²) in [5, 5.41) is 11.3. The Labute approximate surface area is 276 Å². The number of aromatic nitrogens is 3. The molecule has 0 atom stereocenters. The summed E-state index contributed by atoms with van der Waals surface area (Å²) in [6, 6.07) is 50.2. The van der Waals surface area contributed by atoms with Gasteiger partial charge in [-0.2, -0.15) is 0 Å². The monoisotopic (exact) mass is 633 g/mol. The summed E-state index contributed by atoms with van der Waals surface area (Å²) in [7, 11) is 0. The summed E-state index contributed by atoms with van der Waals surface area (Å²) in [6.07, 6.45) is 0. The number of hydrogen-bond acceptors (Lipinski definition) is 4. The lowest BCUT2D eigenvalue weighted by Gasteiger charge is -2.12. The lowest BCUT2D eigenvalue weighted by Crippen LogP contribution is -2.03. The van der Waals surface area contributed by atoms with Crippen LogP contribution in [0.2, 0.25) is 0 Å². The van der Waals surface area contributed by atoms with E-state index in [9.17, 15) is 0 Å². The third-order valence-corrected chi connectivity index (χ3v) is 11.9. The van der Waals surface area contributed by atoms with Gasteiger partial charge >= 0.3 is 0 Å². The Kier molecular flexibility index (Phi) is 5.14. The molecule has 0 spiro atoms. The Hall–Kier alpha value is -5.62. The molecule has 0 saturated carbocycles. The number of para-hydroxylation sites is 2. The van der Waals surface area contributed by atoms with Crippen LogP contribution in [0.5, 0.6) is 0 Å². The fraction of sp³-hybridized carbons (Fsp3) is 0. The van der Waals surface area contributed by atoms with E-state index in [1.54, 1.807) is 0 Å². The summed E-state index contributed by atoms with van der Waals surface area (Å²) in [4.78, 5) is 10.7. The molecule has 0 aliphatic rings. The highest BCUT2D eigenvalue weighted by Crippen LogP contribution is 2.46. The zero-order valence-corrected chi connectivity index (χ0v) is 26.6. The first kappa shape index (κ1) is 25.6. The van der Waals surface area contributed by atoms with Gasteiger partial charge in [-0.3, -0.25) is 4.57 Å². The van der Waals surface area contributed by atoms with Gasteiger partial charge in [-0.05, 0) is 47.2 Å². The van der Waals surface area contributed by atoms with Crippen molar-refractivity contribution >= 4 is 106 Å². The maximum atomic E-state index is 5.47. The number of benzene rings is 7.